The molecule has 1 aliphatic rings. The average Bonchev–Trinajstić information content (AvgIpc) is 2.38. The van der Waals surface area contributed by atoms with Crippen molar-refractivity contribution >= 4 is 0 Å². The number of methoxy groups -OCH3 is 1. The molecule has 1 heterocycles. The lowest BCUT2D eigenvalue weighted by molar-refractivity contribution is -0.238. The highest BCUT2D eigenvalue weighted by atomic mass is 19.3. The van der Waals surface area contributed by atoms with Gasteiger partial charge in [0, 0.05) is 7.11 Å². The zero-order valence-corrected chi connectivity index (χ0v) is 5.86. The van der Waals surface area contributed by atoms with E-state index in [1.807, 2.05) is 0 Å². The summed E-state index contributed by atoms with van der Waals surface area (Å²) >= 11 is 0. The SMILES string of the molecule is COC(F)(F)[C@@H]1CCCN1. The number of halogens is 2. The van der Waals surface area contributed by atoms with Gasteiger partial charge in [0.15, 0.2) is 0 Å². The summed E-state index contributed by atoms with van der Waals surface area (Å²) in [6.45, 7) is 0.670. The van der Waals surface area contributed by atoms with Crippen LogP contribution in [-0.2, 0) is 4.74 Å². The molecule has 0 aromatic rings. The summed E-state index contributed by atoms with van der Waals surface area (Å²) in [5.74, 6) is 0. The van der Waals surface area contributed by atoms with Crippen molar-refractivity contribution in [3.8, 4) is 0 Å². The van der Waals surface area contributed by atoms with E-state index in [0.29, 0.717) is 13.0 Å². The first kappa shape index (κ1) is 7.88. The molecule has 0 bridgehead atoms. The number of ether oxygens (including phenoxy) is 1. The highest BCUT2D eigenvalue weighted by Gasteiger charge is 2.40. The zero-order valence-electron chi connectivity index (χ0n) is 5.86. The van der Waals surface area contributed by atoms with Crippen LogP contribution >= 0.6 is 0 Å². The Morgan fingerprint density at radius 2 is 2.30 bits per heavy atom. The minimum absolute atomic E-state index is 0.501. The lowest BCUT2D eigenvalue weighted by atomic mass is 10.2. The summed E-state index contributed by atoms with van der Waals surface area (Å²) < 4.78 is 29.2. The maximum Gasteiger partial charge on any atom is 0.370 e. The van der Waals surface area contributed by atoms with Gasteiger partial charge in [-0.05, 0) is 19.4 Å². The van der Waals surface area contributed by atoms with Crippen molar-refractivity contribution in [1.82, 2.24) is 5.32 Å². The standard InChI is InChI=1S/C6H11F2NO/c1-10-6(7,8)5-3-2-4-9-5/h5,9H,2-4H2,1H3/t5-/m0/s1. The molecule has 10 heavy (non-hydrogen) atoms. The summed E-state index contributed by atoms with van der Waals surface area (Å²) in [5, 5.41) is 2.67. The van der Waals surface area contributed by atoms with Crippen molar-refractivity contribution < 1.29 is 13.5 Å². The van der Waals surface area contributed by atoms with E-state index in [4.69, 9.17) is 0 Å². The fraction of sp³-hybridized carbons (Fsp3) is 1.00. The molecule has 0 aliphatic carbocycles. The molecule has 1 atom stereocenters. The van der Waals surface area contributed by atoms with Crippen LogP contribution in [0.25, 0.3) is 0 Å². The summed E-state index contributed by atoms with van der Waals surface area (Å²) in [5.41, 5.74) is 0. The summed E-state index contributed by atoms with van der Waals surface area (Å²) in [6, 6.07) is -0.780. The van der Waals surface area contributed by atoms with E-state index in [9.17, 15) is 8.78 Å². The third kappa shape index (κ3) is 1.44. The minimum Gasteiger partial charge on any atom is -0.323 e. The fourth-order valence-electron chi connectivity index (χ4n) is 1.11. The third-order valence-electron chi connectivity index (χ3n) is 1.74. The summed E-state index contributed by atoms with van der Waals surface area (Å²) in [6.07, 6.45) is -1.68. The van der Waals surface area contributed by atoms with E-state index in [-0.39, 0.29) is 0 Å². The van der Waals surface area contributed by atoms with Crippen molar-refractivity contribution in [2.75, 3.05) is 13.7 Å². The molecule has 0 amide bonds. The predicted octanol–water partition coefficient (Wildman–Crippen LogP) is 0.978. The first-order valence-electron chi connectivity index (χ1n) is 3.33. The normalized spacial score (nSPS) is 27.3. The molecule has 0 aromatic carbocycles. The summed E-state index contributed by atoms with van der Waals surface area (Å²) in [7, 11) is 1.03. The van der Waals surface area contributed by atoms with Gasteiger partial charge >= 0.3 is 6.11 Å². The predicted molar refractivity (Wildman–Crippen MR) is 33.0 cm³/mol. The zero-order chi connectivity index (χ0) is 7.61. The van der Waals surface area contributed by atoms with Crippen molar-refractivity contribution in [1.29, 1.82) is 0 Å². The molecule has 0 spiro atoms. The van der Waals surface area contributed by atoms with Gasteiger partial charge in [0.25, 0.3) is 0 Å². The lowest BCUT2D eigenvalue weighted by Crippen LogP contribution is -2.41. The fourth-order valence-corrected chi connectivity index (χ4v) is 1.11. The molecular weight excluding hydrogens is 140 g/mol. The Bertz CT molecular complexity index is 112. The van der Waals surface area contributed by atoms with Crippen molar-refractivity contribution in [2.24, 2.45) is 0 Å². The van der Waals surface area contributed by atoms with Gasteiger partial charge in [0.05, 0.1) is 6.04 Å². The molecule has 1 aliphatic heterocycles. The number of rotatable bonds is 2. The molecule has 1 rings (SSSR count). The van der Waals surface area contributed by atoms with Crippen LogP contribution in [0.15, 0.2) is 0 Å². The third-order valence-corrected chi connectivity index (χ3v) is 1.74. The molecule has 2 nitrogen and oxygen atoms in total. The van der Waals surface area contributed by atoms with Crippen molar-refractivity contribution in [3.63, 3.8) is 0 Å². The van der Waals surface area contributed by atoms with Crippen LogP contribution in [0.1, 0.15) is 12.8 Å². The van der Waals surface area contributed by atoms with Gasteiger partial charge < -0.3 is 10.1 Å². The Balaban J connectivity index is 2.45. The van der Waals surface area contributed by atoms with Gasteiger partial charge in [-0.2, -0.15) is 8.78 Å². The van der Waals surface area contributed by atoms with E-state index in [1.165, 1.54) is 0 Å². The van der Waals surface area contributed by atoms with Gasteiger partial charge in [0.2, 0.25) is 0 Å². The molecule has 0 aromatic heterocycles. The van der Waals surface area contributed by atoms with Crippen LogP contribution in [-0.4, -0.2) is 25.8 Å². The monoisotopic (exact) mass is 151 g/mol. The van der Waals surface area contributed by atoms with Crippen LogP contribution in [0.2, 0.25) is 0 Å². The van der Waals surface area contributed by atoms with Crippen molar-refractivity contribution in [3.05, 3.63) is 0 Å². The van der Waals surface area contributed by atoms with Crippen LogP contribution < -0.4 is 5.32 Å². The van der Waals surface area contributed by atoms with Gasteiger partial charge in [-0.15, -0.1) is 0 Å². The van der Waals surface area contributed by atoms with Crippen LogP contribution in [0, 0.1) is 0 Å². The number of hydrogen-bond acceptors (Lipinski definition) is 2. The molecular formula is C6H11F2NO. The van der Waals surface area contributed by atoms with E-state index >= 15 is 0 Å². The van der Waals surface area contributed by atoms with Gasteiger partial charge in [0.1, 0.15) is 0 Å². The van der Waals surface area contributed by atoms with Gasteiger partial charge in [-0.1, -0.05) is 0 Å². The van der Waals surface area contributed by atoms with Crippen LogP contribution in [0.3, 0.4) is 0 Å². The molecule has 60 valence electrons. The Kier molecular flexibility index (Phi) is 2.21. The summed E-state index contributed by atoms with van der Waals surface area (Å²) in [4.78, 5) is 0. The Morgan fingerprint density at radius 3 is 2.70 bits per heavy atom. The number of hydrogen-bond donors (Lipinski definition) is 1. The second-order valence-corrected chi connectivity index (χ2v) is 2.41. The molecule has 0 radical (unpaired) electrons. The quantitative estimate of drug-likeness (QED) is 0.635. The van der Waals surface area contributed by atoms with Crippen LogP contribution in [0.5, 0.6) is 0 Å². The Hall–Kier alpha value is -0.220. The Morgan fingerprint density at radius 1 is 1.60 bits per heavy atom. The smallest absolute Gasteiger partial charge is 0.323 e. The molecule has 0 unspecified atom stereocenters. The molecule has 4 heteroatoms. The first-order valence-corrected chi connectivity index (χ1v) is 3.33. The molecule has 0 saturated carbocycles. The largest absolute Gasteiger partial charge is 0.370 e. The highest BCUT2D eigenvalue weighted by molar-refractivity contribution is 4.81. The van der Waals surface area contributed by atoms with E-state index in [0.717, 1.165) is 13.5 Å². The number of alkyl halides is 2. The topological polar surface area (TPSA) is 21.3 Å². The van der Waals surface area contributed by atoms with E-state index in [1.54, 1.807) is 0 Å². The molecule has 1 N–H and O–H groups in total. The first-order chi connectivity index (χ1) is 4.67. The lowest BCUT2D eigenvalue weighted by Gasteiger charge is -2.20. The minimum atomic E-state index is -2.99. The second kappa shape index (κ2) is 2.80. The van der Waals surface area contributed by atoms with E-state index in [2.05, 4.69) is 10.1 Å². The van der Waals surface area contributed by atoms with E-state index < -0.39 is 12.2 Å². The highest BCUT2D eigenvalue weighted by Crippen LogP contribution is 2.25. The molecule has 1 fully saturated rings. The second-order valence-electron chi connectivity index (χ2n) is 2.41. The van der Waals surface area contributed by atoms with Gasteiger partial charge in [-0.3, -0.25) is 0 Å². The van der Waals surface area contributed by atoms with Crippen molar-refractivity contribution in [2.45, 2.75) is 25.0 Å². The van der Waals surface area contributed by atoms with Gasteiger partial charge in [-0.25, -0.2) is 0 Å². The maximum absolute atomic E-state index is 12.6. The van der Waals surface area contributed by atoms with Crippen LogP contribution in [0.4, 0.5) is 8.78 Å². The average molecular weight is 151 g/mol. The Labute approximate surface area is 58.6 Å². The molecule has 1 saturated heterocycles. The number of nitrogens with one attached hydrogen (secondary N) is 1. The maximum atomic E-state index is 12.6.